The van der Waals surface area contributed by atoms with Crippen LogP contribution >= 0.6 is 0 Å². The number of rotatable bonds is 6. The molecule has 178 valence electrons. The van der Waals surface area contributed by atoms with Gasteiger partial charge in [0.05, 0.1) is 12.8 Å². The van der Waals surface area contributed by atoms with Gasteiger partial charge < -0.3 is 9.47 Å². The maximum atomic E-state index is 14.3. The molecule has 0 aromatic heterocycles. The Morgan fingerprint density at radius 3 is 2.37 bits per heavy atom. The van der Waals surface area contributed by atoms with Gasteiger partial charge in [-0.25, -0.2) is 14.1 Å². The number of hydrogen-bond acceptors (Lipinski definition) is 5. The van der Waals surface area contributed by atoms with E-state index in [4.69, 9.17) is 9.47 Å². The van der Waals surface area contributed by atoms with Gasteiger partial charge in [-0.2, -0.15) is 0 Å². The summed E-state index contributed by atoms with van der Waals surface area (Å²) in [6.07, 6.45) is 1.31. The Morgan fingerprint density at radius 1 is 0.971 bits per heavy atom. The lowest BCUT2D eigenvalue weighted by Crippen LogP contribution is -2.54. The molecule has 7 nitrogen and oxygen atoms in total. The molecule has 0 saturated carbocycles. The Kier molecular flexibility index (Phi) is 6.64. The van der Waals surface area contributed by atoms with Crippen LogP contribution in [0, 0.1) is 19.7 Å². The molecule has 0 radical (unpaired) electrons. The van der Waals surface area contributed by atoms with Gasteiger partial charge >= 0.3 is 6.03 Å². The highest BCUT2D eigenvalue weighted by molar-refractivity contribution is 6.39. The first-order chi connectivity index (χ1) is 16.8. The zero-order valence-electron chi connectivity index (χ0n) is 19.4. The quantitative estimate of drug-likeness (QED) is 0.414. The van der Waals surface area contributed by atoms with Gasteiger partial charge in [-0.05, 0) is 49.8 Å². The zero-order valence-corrected chi connectivity index (χ0v) is 19.4. The number of anilines is 1. The van der Waals surface area contributed by atoms with Crippen molar-refractivity contribution < 1.29 is 28.2 Å². The van der Waals surface area contributed by atoms with E-state index in [0.717, 1.165) is 22.8 Å². The molecule has 35 heavy (non-hydrogen) atoms. The van der Waals surface area contributed by atoms with Crippen molar-refractivity contribution in [2.45, 2.75) is 20.5 Å². The second-order valence-corrected chi connectivity index (χ2v) is 8.10. The molecule has 1 saturated heterocycles. The Bertz CT molecular complexity index is 1350. The smallest absolute Gasteiger partial charge is 0.336 e. The number of barbiturate groups is 1. The normalized spacial score (nSPS) is 14.8. The monoisotopic (exact) mass is 474 g/mol. The van der Waals surface area contributed by atoms with E-state index in [1.807, 2.05) is 26.0 Å². The maximum absolute atomic E-state index is 14.3. The molecule has 0 bridgehead atoms. The average molecular weight is 474 g/mol. The van der Waals surface area contributed by atoms with Crippen molar-refractivity contribution in [3.8, 4) is 11.5 Å². The van der Waals surface area contributed by atoms with Crippen LogP contribution < -0.4 is 19.7 Å². The van der Waals surface area contributed by atoms with Gasteiger partial charge in [0, 0.05) is 11.6 Å². The number of ether oxygens (including phenoxy) is 2. The summed E-state index contributed by atoms with van der Waals surface area (Å²) < 4.78 is 25.6. The van der Waals surface area contributed by atoms with Gasteiger partial charge in [-0.3, -0.25) is 14.9 Å². The number of amides is 4. The number of urea groups is 1. The number of para-hydroxylation sites is 1. The molecule has 1 heterocycles. The number of imide groups is 2. The number of halogens is 1. The fourth-order valence-electron chi connectivity index (χ4n) is 3.86. The van der Waals surface area contributed by atoms with Crippen molar-refractivity contribution in [1.82, 2.24) is 5.32 Å². The van der Waals surface area contributed by atoms with Gasteiger partial charge in [0.1, 0.15) is 29.5 Å². The molecular weight excluding hydrogens is 451 g/mol. The van der Waals surface area contributed by atoms with Crippen LogP contribution in [-0.4, -0.2) is 25.0 Å². The van der Waals surface area contributed by atoms with E-state index < -0.39 is 23.7 Å². The van der Waals surface area contributed by atoms with Crippen LogP contribution in [0.2, 0.25) is 0 Å². The van der Waals surface area contributed by atoms with Crippen LogP contribution in [0.15, 0.2) is 66.2 Å². The number of nitrogens with one attached hydrogen (secondary N) is 1. The lowest BCUT2D eigenvalue weighted by molar-refractivity contribution is -0.122. The highest BCUT2D eigenvalue weighted by Gasteiger charge is 2.38. The second-order valence-electron chi connectivity index (χ2n) is 8.10. The molecule has 4 amide bonds. The third kappa shape index (κ3) is 5.06. The number of methoxy groups -OCH3 is 1. The number of hydrogen-bond donors (Lipinski definition) is 1. The van der Waals surface area contributed by atoms with E-state index in [0.29, 0.717) is 22.0 Å². The average Bonchev–Trinajstić information content (AvgIpc) is 2.81. The summed E-state index contributed by atoms with van der Waals surface area (Å²) in [5.74, 6) is -1.72. The molecule has 4 rings (SSSR count). The number of aryl methyl sites for hydroxylation is 2. The first-order valence-corrected chi connectivity index (χ1v) is 10.8. The Morgan fingerprint density at radius 2 is 1.69 bits per heavy atom. The van der Waals surface area contributed by atoms with Gasteiger partial charge in [0.15, 0.2) is 0 Å². The minimum absolute atomic E-state index is 0.242. The first kappa shape index (κ1) is 23.7. The minimum atomic E-state index is -1.02. The summed E-state index contributed by atoms with van der Waals surface area (Å²) in [4.78, 5) is 38.7. The van der Waals surface area contributed by atoms with Gasteiger partial charge in [0.2, 0.25) is 0 Å². The fourth-order valence-corrected chi connectivity index (χ4v) is 3.86. The number of nitrogens with zero attached hydrogens (tertiary/aromatic N) is 1. The van der Waals surface area contributed by atoms with E-state index in [1.54, 1.807) is 18.2 Å². The highest BCUT2D eigenvalue weighted by Crippen LogP contribution is 2.30. The third-order valence-corrected chi connectivity index (χ3v) is 5.39. The highest BCUT2D eigenvalue weighted by atomic mass is 19.1. The topological polar surface area (TPSA) is 84.9 Å². The zero-order chi connectivity index (χ0) is 25.1. The van der Waals surface area contributed by atoms with Crippen molar-refractivity contribution in [2.75, 3.05) is 12.0 Å². The fraction of sp³-hybridized carbons (Fsp3) is 0.148. The Hall–Kier alpha value is -4.46. The summed E-state index contributed by atoms with van der Waals surface area (Å²) in [7, 11) is 1.51. The molecule has 0 unspecified atom stereocenters. The third-order valence-electron chi connectivity index (χ3n) is 5.39. The van der Waals surface area contributed by atoms with E-state index in [-0.39, 0.29) is 17.9 Å². The molecule has 3 aromatic rings. The van der Waals surface area contributed by atoms with E-state index in [2.05, 4.69) is 11.4 Å². The summed E-state index contributed by atoms with van der Waals surface area (Å²) in [5, 5.41) is 2.09. The maximum Gasteiger partial charge on any atom is 0.336 e. The summed E-state index contributed by atoms with van der Waals surface area (Å²) >= 11 is 0. The van der Waals surface area contributed by atoms with Crippen molar-refractivity contribution in [1.29, 1.82) is 0 Å². The number of carbonyl (C=O) groups is 3. The van der Waals surface area contributed by atoms with Gasteiger partial charge in [-0.1, -0.05) is 41.5 Å². The standard InChI is InChI=1S/C27H23FN2O5/c1-16-10-17(2)12-18(11-16)15-35-24-14-20(34-3)9-8-19(24)13-21-25(31)29-27(33)30(26(21)32)23-7-5-4-6-22(23)28/h4-14H,15H2,1-3H3,(H,29,31,33)/b21-13-. The van der Waals surface area contributed by atoms with E-state index in [9.17, 15) is 18.8 Å². The van der Waals surface area contributed by atoms with Crippen LogP contribution in [0.4, 0.5) is 14.9 Å². The van der Waals surface area contributed by atoms with Crippen LogP contribution in [0.5, 0.6) is 11.5 Å². The molecule has 8 heteroatoms. The summed E-state index contributed by atoms with van der Waals surface area (Å²) in [6, 6.07) is 15.3. The molecule has 1 aliphatic heterocycles. The molecule has 3 aromatic carbocycles. The lowest BCUT2D eigenvalue weighted by Gasteiger charge is -2.26. The second kappa shape index (κ2) is 9.80. The molecule has 0 atom stereocenters. The molecular formula is C27H23FN2O5. The Balaban J connectivity index is 1.70. The molecule has 1 fully saturated rings. The molecule has 0 spiro atoms. The van der Waals surface area contributed by atoms with Crippen LogP contribution in [0.25, 0.3) is 6.08 Å². The molecule has 1 aliphatic rings. The predicted molar refractivity (Wildman–Crippen MR) is 129 cm³/mol. The first-order valence-electron chi connectivity index (χ1n) is 10.8. The SMILES string of the molecule is COc1ccc(/C=C2/C(=O)NC(=O)N(c3ccccc3F)C2=O)c(OCc2cc(C)cc(C)c2)c1. The van der Waals surface area contributed by atoms with Crippen molar-refractivity contribution in [2.24, 2.45) is 0 Å². The largest absolute Gasteiger partial charge is 0.497 e. The van der Waals surface area contributed by atoms with Crippen LogP contribution in [-0.2, 0) is 16.2 Å². The molecule has 1 N–H and O–H groups in total. The van der Waals surface area contributed by atoms with Gasteiger partial charge in [0.25, 0.3) is 11.8 Å². The summed E-state index contributed by atoms with van der Waals surface area (Å²) in [6.45, 7) is 4.23. The predicted octanol–water partition coefficient (Wildman–Crippen LogP) is 4.70. The molecule has 0 aliphatic carbocycles. The van der Waals surface area contributed by atoms with Crippen molar-refractivity contribution in [3.05, 3.63) is 94.3 Å². The summed E-state index contributed by atoms with van der Waals surface area (Å²) in [5.41, 5.74) is 2.96. The van der Waals surface area contributed by atoms with Crippen molar-refractivity contribution in [3.63, 3.8) is 0 Å². The van der Waals surface area contributed by atoms with Gasteiger partial charge in [-0.15, -0.1) is 0 Å². The van der Waals surface area contributed by atoms with Crippen molar-refractivity contribution >= 4 is 29.6 Å². The minimum Gasteiger partial charge on any atom is -0.497 e. The van der Waals surface area contributed by atoms with Crippen LogP contribution in [0.3, 0.4) is 0 Å². The lowest BCUT2D eigenvalue weighted by atomic mass is 10.1. The van der Waals surface area contributed by atoms with Crippen LogP contribution in [0.1, 0.15) is 22.3 Å². The number of carbonyl (C=O) groups excluding carboxylic acids is 3. The van der Waals surface area contributed by atoms with E-state index >= 15 is 0 Å². The van der Waals surface area contributed by atoms with E-state index in [1.165, 1.54) is 31.4 Å². The number of benzene rings is 3. The Labute approximate surface area is 201 Å².